The standard InChI is InChI=1S/C18H34O2.C4H8O4/c1-2-3-4-5-6-7-8-9-10-11-12-13-14-15-16-17-18(19)20;5-1-2-7-4-3(6)8-4/h9-10H,2-8,11-17H2,1H3,(H,19,20);3-6H,1-2H2/b10-9-;. The summed E-state index contributed by atoms with van der Waals surface area (Å²) in [5.74, 6) is -0.664. The first kappa shape index (κ1) is 27.0. The number of aliphatic hydroxyl groups is 2. The van der Waals surface area contributed by atoms with Crippen molar-refractivity contribution < 1.29 is 29.6 Å². The Morgan fingerprint density at radius 3 is 1.89 bits per heavy atom. The molecule has 2 unspecified atom stereocenters. The third-order valence-corrected chi connectivity index (χ3v) is 4.46. The van der Waals surface area contributed by atoms with Gasteiger partial charge in [-0.2, -0.15) is 0 Å². The molecule has 2 atom stereocenters. The van der Waals surface area contributed by atoms with E-state index in [1.807, 2.05) is 0 Å². The van der Waals surface area contributed by atoms with Gasteiger partial charge in [0.1, 0.15) is 0 Å². The van der Waals surface area contributed by atoms with Crippen LogP contribution >= 0.6 is 0 Å². The summed E-state index contributed by atoms with van der Waals surface area (Å²) in [6.07, 6.45) is 20.0. The second kappa shape index (κ2) is 20.8. The van der Waals surface area contributed by atoms with Crippen LogP contribution in [-0.2, 0) is 14.3 Å². The Labute approximate surface area is 170 Å². The maximum atomic E-state index is 10.3. The maximum Gasteiger partial charge on any atom is 0.303 e. The van der Waals surface area contributed by atoms with Crippen LogP contribution in [0.15, 0.2) is 12.2 Å². The number of carboxylic acid groups (broad SMARTS) is 1. The van der Waals surface area contributed by atoms with Crippen LogP contribution < -0.4 is 0 Å². The number of hydrogen-bond donors (Lipinski definition) is 3. The number of rotatable bonds is 18. The van der Waals surface area contributed by atoms with Gasteiger partial charge >= 0.3 is 5.97 Å². The van der Waals surface area contributed by atoms with E-state index < -0.39 is 18.5 Å². The van der Waals surface area contributed by atoms with Crippen LogP contribution in [-0.4, -0.2) is 47.1 Å². The molecule has 1 heterocycles. The molecule has 6 heteroatoms. The first-order valence-corrected chi connectivity index (χ1v) is 11.0. The Hall–Kier alpha value is -0.950. The van der Waals surface area contributed by atoms with Gasteiger partial charge < -0.3 is 24.8 Å². The van der Waals surface area contributed by atoms with Crippen molar-refractivity contribution in [2.45, 2.75) is 109 Å². The summed E-state index contributed by atoms with van der Waals surface area (Å²) < 4.78 is 9.13. The molecule has 166 valence electrons. The topological polar surface area (TPSA) is 99.5 Å². The van der Waals surface area contributed by atoms with E-state index in [4.69, 9.17) is 20.1 Å². The average Bonchev–Trinajstić information content (AvgIpc) is 3.38. The average molecular weight is 403 g/mol. The fourth-order valence-corrected chi connectivity index (χ4v) is 2.73. The lowest BCUT2D eigenvalue weighted by molar-refractivity contribution is -0.137. The zero-order valence-corrected chi connectivity index (χ0v) is 17.7. The molecular formula is C22H42O6. The molecule has 28 heavy (non-hydrogen) atoms. The van der Waals surface area contributed by atoms with Crippen molar-refractivity contribution in [1.82, 2.24) is 0 Å². The van der Waals surface area contributed by atoms with E-state index in [0.29, 0.717) is 6.42 Å². The number of unbranched alkanes of at least 4 members (excludes halogenated alkanes) is 11. The summed E-state index contributed by atoms with van der Waals surface area (Å²) in [5.41, 5.74) is 0. The summed E-state index contributed by atoms with van der Waals surface area (Å²) >= 11 is 0. The molecule has 0 amide bonds. The van der Waals surface area contributed by atoms with E-state index in [9.17, 15) is 4.79 Å². The van der Waals surface area contributed by atoms with Crippen LogP contribution in [0.1, 0.15) is 96.8 Å². The molecule has 1 fully saturated rings. The Kier molecular flexibility index (Phi) is 20.1. The molecule has 0 aromatic heterocycles. The highest BCUT2D eigenvalue weighted by atomic mass is 16.8. The lowest BCUT2D eigenvalue weighted by Gasteiger charge is -1.99. The van der Waals surface area contributed by atoms with E-state index in [1.165, 1.54) is 70.6 Å². The highest BCUT2D eigenvalue weighted by Gasteiger charge is 2.37. The summed E-state index contributed by atoms with van der Waals surface area (Å²) in [5, 5.41) is 25.1. The minimum Gasteiger partial charge on any atom is -0.481 e. The van der Waals surface area contributed by atoms with E-state index in [2.05, 4.69) is 23.8 Å². The minimum atomic E-state index is -0.762. The molecule has 1 saturated heterocycles. The van der Waals surface area contributed by atoms with Gasteiger partial charge in [-0.05, 0) is 32.1 Å². The van der Waals surface area contributed by atoms with Crippen LogP contribution in [0.3, 0.4) is 0 Å². The number of hydrogen-bond acceptors (Lipinski definition) is 5. The zero-order chi connectivity index (χ0) is 20.9. The number of aliphatic hydroxyl groups excluding tert-OH is 2. The van der Waals surface area contributed by atoms with Crippen molar-refractivity contribution >= 4 is 5.97 Å². The predicted octanol–water partition coefficient (Wildman–Crippen LogP) is 4.78. The van der Waals surface area contributed by atoms with Crippen molar-refractivity contribution in [2.75, 3.05) is 13.2 Å². The van der Waals surface area contributed by atoms with E-state index in [-0.39, 0.29) is 13.2 Å². The van der Waals surface area contributed by atoms with Gasteiger partial charge in [0, 0.05) is 6.42 Å². The van der Waals surface area contributed by atoms with Crippen LogP contribution in [0.5, 0.6) is 0 Å². The van der Waals surface area contributed by atoms with Crippen LogP contribution in [0, 0.1) is 0 Å². The zero-order valence-electron chi connectivity index (χ0n) is 17.7. The van der Waals surface area contributed by atoms with Gasteiger partial charge in [-0.3, -0.25) is 4.79 Å². The second-order valence-electron chi connectivity index (χ2n) is 7.22. The maximum absolute atomic E-state index is 10.3. The van der Waals surface area contributed by atoms with E-state index in [0.717, 1.165) is 12.8 Å². The first-order valence-electron chi connectivity index (χ1n) is 11.0. The van der Waals surface area contributed by atoms with Crippen molar-refractivity contribution in [3.05, 3.63) is 12.2 Å². The largest absolute Gasteiger partial charge is 0.481 e. The number of carbonyl (C=O) groups is 1. The number of aliphatic carboxylic acids is 1. The molecule has 0 spiro atoms. The predicted molar refractivity (Wildman–Crippen MR) is 111 cm³/mol. The Morgan fingerprint density at radius 1 is 0.929 bits per heavy atom. The summed E-state index contributed by atoms with van der Waals surface area (Å²) in [6, 6.07) is 0. The number of ether oxygens (including phenoxy) is 2. The van der Waals surface area contributed by atoms with Crippen molar-refractivity contribution in [3.63, 3.8) is 0 Å². The second-order valence-corrected chi connectivity index (χ2v) is 7.22. The molecule has 3 N–H and O–H groups in total. The fourth-order valence-electron chi connectivity index (χ4n) is 2.73. The molecule has 1 rings (SSSR count). The molecular weight excluding hydrogens is 360 g/mol. The summed E-state index contributed by atoms with van der Waals surface area (Å²) in [6.45, 7) is 2.45. The first-order chi connectivity index (χ1) is 13.6. The lowest BCUT2D eigenvalue weighted by atomic mass is 10.1. The molecule has 0 saturated carbocycles. The van der Waals surface area contributed by atoms with Gasteiger partial charge in [-0.15, -0.1) is 0 Å². The summed E-state index contributed by atoms with van der Waals surface area (Å²) in [4.78, 5) is 10.3. The van der Waals surface area contributed by atoms with Gasteiger partial charge in [-0.1, -0.05) is 70.4 Å². The molecule has 0 aliphatic carbocycles. The van der Waals surface area contributed by atoms with E-state index in [1.54, 1.807) is 0 Å². The van der Waals surface area contributed by atoms with Crippen molar-refractivity contribution in [2.24, 2.45) is 0 Å². The number of allylic oxidation sites excluding steroid dienone is 2. The lowest BCUT2D eigenvalue weighted by Crippen LogP contribution is -2.03. The Morgan fingerprint density at radius 2 is 1.43 bits per heavy atom. The van der Waals surface area contributed by atoms with Gasteiger partial charge in [0.2, 0.25) is 12.6 Å². The van der Waals surface area contributed by atoms with Crippen LogP contribution in [0.2, 0.25) is 0 Å². The molecule has 1 aliphatic heterocycles. The molecule has 1 aliphatic rings. The van der Waals surface area contributed by atoms with Gasteiger partial charge in [0.25, 0.3) is 0 Å². The van der Waals surface area contributed by atoms with Crippen molar-refractivity contribution in [1.29, 1.82) is 0 Å². The monoisotopic (exact) mass is 402 g/mol. The van der Waals surface area contributed by atoms with Crippen LogP contribution in [0.25, 0.3) is 0 Å². The SMILES string of the molecule is CCCCCCCC/C=C\CCCCCCCC(=O)O.OCCOC1OC1O. The number of carboxylic acids is 1. The van der Waals surface area contributed by atoms with Gasteiger partial charge in [0.15, 0.2) is 0 Å². The highest BCUT2D eigenvalue weighted by molar-refractivity contribution is 5.66. The molecule has 6 nitrogen and oxygen atoms in total. The smallest absolute Gasteiger partial charge is 0.303 e. The minimum absolute atomic E-state index is 0.0351. The van der Waals surface area contributed by atoms with E-state index >= 15 is 0 Å². The quantitative estimate of drug-likeness (QED) is 0.173. The molecule has 0 aromatic rings. The molecule has 0 aromatic carbocycles. The van der Waals surface area contributed by atoms with Gasteiger partial charge in [-0.25, -0.2) is 0 Å². The molecule has 0 bridgehead atoms. The summed E-state index contributed by atoms with van der Waals surface area (Å²) in [7, 11) is 0. The van der Waals surface area contributed by atoms with Gasteiger partial charge in [0.05, 0.1) is 13.2 Å². The third-order valence-electron chi connectivity index (χ3n) is 4.46. The molecule has 0 radical (unpaired) electrons. The normalized spacial score (nSPS) is 18.1. The fraction of sp³-hybridized carbons (Fsp3) is 0.864. The Balaban J connectivity index is 0.000000749. The third kappa shape index (κ3) is 21.4. The van der Waals surface area contributed by atoms with Crippen LogP contribution in [0.4, 0.5) is 0 Å². The number of epoxide rings is 1. The van der Waals surface area contributed by atoms with Crippen molar-refractivity contribution in [3.8, 4) is 0 Å². The highest BCUT2D eigenvalue weighted by Crippen LogP contribution is 2.18. The Bertz CT molecular complexity index is 372.